The summed E-state index contributed by atoms with van der Waals surface area (Å²) in [6, 6.07) is 15.6. The lowest BCUT2D eigenvalue weighted by Gasteiger charge is -2.14. The van der Waals surface area contributed by atoms with Crippen LogP contribution in [-0.4, -0.2) is 20.1 Å². The fourth-order valence-corrected chi connectivity index (χ4v) is 2.04. The monoisotopic (exact) mass is 283 g/mol. The van der Waals surface area contributed by atoms with Gasteiger partial charge >= 0.3 is 6.03 Å². The van der Waals surface area contributed by atoms with Gasteiger partial charge in [0.25, 0.3) is 0 Å². The SMILES string of the molecule is Cc1cccc(CNC(=O)Nc2cccc(N(C)C)c2)c1. The maximum atomic E-state index is 11.9. The maximum absolute atomic E-state index is 11.9. The van der Waals surface area contributed by atoms with Crippen LogP contribution in [0.2, 0.25) is 0 Å². The summed E-state index contributed by atoms with van der Waals surface area (Å²) >= 11 is 0. The Morgan fingerprint density at radius 1 is 1.10 bits per heavy atom. The van der Waals surface area contributed by atoms with Crippen molar-refractivity contribution in [2.45, 2.75) is 13.5 Å². The highest BCUT2D eigenvalue weighted by Gasteiger charge is 2.03. The van der Waals surface area contributed by atoms with Crippen molar-refractivity contribution < 1.29 is 4.79 Å². The molecule has 2 N–H and O–H groups in total. The molecule has 0 atom stereocenters. The molecule has 0 radical (unpaired) electrons. The number of rotatable bonds is 4. The lowest BCUT2D eigenvalue weighted by atomic mass is 10.1. The Kier molecular flexibility index (Phi) is 4.82. The number of nitrogens with zero attached hydrogens (tertiary/aromatic N) is 1. The second-order valence-electron chi connectivity index (χ2n) is 5.24. The standard InChI is InChI=1S/C17H21N3O/c1-13-6-4-7-14(10-13)12-18-17(21)19-15-8-5-9-16(11-15)20(2)3/h4-11H,12H2,1-3H3,(H2,18,19,21). The first-order valence-electron chi connectivity index (χ1n) is 6.92. The van der Waals surface area contributed by atoms with Gasteiger partial charge in [-0.15, -0.1) is 0 Å². The summed E-state index contributed by atoms with van der Waals surface area (Å²) in [6.07, 6.45) is 0. The Hall–Kier alpha value is -2.49. The van der Waals surface area contributed by atoms with Crippen LogP contribution in [0.15, 0.2) is 48.5 Å². The van der Waals surface area contributed by atoms with E-state index in [0.29, 0.717) is 6.54 Å². The van der Waals surface area contributed by atoms with Gasteiger partial charge in [0.2, 0.25) is 0 Å². The predicted octanol–water partition coefficient (Wildman–Crippen LogP) is 3.38. The summed E-state index contributed by atoms with van der Waals surface area (Å²) in [5.41, 5.74) is 4.11. The normalized spacial score (nSPS) is 10.0. The summed E-state index contributed by atoms with van der Waals surface area (Å²) in [5.74, 6) is 0. The van der Waals surface area contributed by atoms with Crippen molar-refractivity contribution >= 4 is 17.4 Å². The molecule has 0 saturated heterocycles. The van der Waals surface area contributed by atoms with Gasteiger partial charge in [0.05, 0.1) is 0 Å². The summed E-state index contributed by atoms with van der Waals surface area (Å²) in [6.45, 7) is 2.55. The summed E-state index contributed by atoms with van der Waals surface area (Å²) < 4.78 is 0. The summed E-state index contributed by atoms with van der Waals surface area (Å²) in [7, 11) is 3.94. The van der Waals surface area contributed by atoms with E-state index < -0.39 is 0 Å². The van der Waals surface area contributed by atoms with Gasteiger partial charge in [0, 0.05) is 32.0 Å². The number of amides is 2. The van der Waals surface area contributed by atoms with E-state index in [1.54, 1.807) is 0 Å². The molecule has 0 fully saturated rings. The molecule has 4 heteroatoms. The van der Waals surface area contributed by atoms with Crippen LogP contribution in [0.4, 0.5) is 16.2 Å². The number of aryl methyl sites for hydroxylation is 1. The van der Waals surface area contributed by atoms with Gasteiger partial charge < -0.3 is 15.5 Å². The lowest BCUT2D eigenvalue weighted by Crippen LogP contribution is -2.28. The highest BCUT2D eigenvalue weighted by atomic mass is 16.2. The molecule has 0 unspecified atom stereocenters. The Balaban J connectivity index is 1.91. The van der Waals surface area contributed by atoms with E-state index in [9.17, 15) is 4.79 Å². The Morgan fingerprint density at radius 3 is 2.57 bits per heavy atom. The van der Waals surface area contributed by atoms with Crippen molar-refractivity contribution in [2.24, 2.45) is 0 Å². The molecule has 110 valence electrons. The molecule has 0 bridgehead atoms. The zero-order valence-corrected chi connectivity index (χ0v) is 12.7. The molecule has 2 amide bonds. The van der Waals surface area contributed by atoms with Crippen LogP contribution >= 0.6 is 0 Å². The minimum Gasteiger partial charge on any atom is -0.378 e. The average molecular weight is 283 g/mol. The van der Waals surface area contributed by atoms with Gasteiger partial charge in [-0.3, -0.25) is 0 Å². The fraction of sp³-hybridized carbons (Fsp3) is 0.235. The molecule has 2 aromatic carbocycles. The van der Waals surface area contributed by atoms with Crippen molar-refractivity contribution in [3.8, 4) is 0 Å². The van der Waals surface area contributed by atoms with Gasteiger partial charge in [0.1, 0.15) is 0 Å². The van der Waals surface area contributed by atoms with Crippen molar-refractivity contribution in [2.75, 3.05) is 24.3 Å². The van der Waals surface area contributed by atoms with E-state index in [0.717, 1.165) is 16.9 Å². The molecule has 4 nitrogen and oxygen atoms in total. The second kappa shape index (κ2) is 6.79. The minimum absolute atomic E-state index is 0.201. The first-order valence-corrected chi connectivity index (χ1v) is 6.92. The Morgan fingerprint density at radius 2 is 1.86 bits per heavy atom. The fourth-order valence-electron chi connectivity index (χ4n) is 2.04. The van der Waals surface area contributed by atoms with Gasteiger partial charge in [-0.05, 0) is 30.7 Å². The van der Waals surface area contributed by atoms with Gasteiger partial charge in [-0.25, -0.2) is 4.79 Å². The molecule has 0 aliphatic carbocycles. The van der Waals surface area contributed by atoms with Crippen molar-refractivity contribution in [1.29, 1.82) is 0 Å². The number of urea groups is 1. The lowest BCUT2D eigenvalue weighted by molar-refractivity contribution is 0.251. The highest BCUT2D eigenvalue weighted by molar-refractivity contribution is 5.89. The van der Waals surface area contributed by atoms with E-state index in [-0.39, 0.29) is 6.03 Å². The molecular formula is C17H21N3O. The molecule has 2 rings (SSSR count). The van der Waals surface area contributed by atoms with Crippen LogP contribution in [0, 0.1) is 6.92 Å². The number of carbonyl (C=O) groups excluding carboxylic acids is 1. The molecule has 0 saturated carbocycles. The zero-order chi connectivity index (χ0) is 15.2. The Bertz CT molecular complexity index is 623. The molecular weight excluding hydrogens is 262 g/mol. The number of carbonyl (C=O) groups is 1. The van der Waals surface area contributed by atoms with E-state index in [1.807, 2.05) is 68.4 Å². The van der Waals surface area contributed by atoms with E-state index >= 15 is 0 Å². The third-order valence-corrected chi connectivity index (χ3v) is 3.16. The second-order valence-corrected chi connectivity index (χ2v) is 5.24. The molecule has 0 aromatic heterocycles. The van der Waals surface area contributed by atoms with Crippen LogP contribution in [0.25, 0.3) is 0 Å². The summed E-state index contributed by atoms with van der Waals surface area (Å²) in [4.78, 5) is 13.9. The van der Waals surface area contributed by atoms with E-state index in [1.165, 1.54) is 5.56 Å². The number of anilines is 2. The Labute approximate surface area is 125 Å². The first-order chi connectivity index (χ1) is 10.0. The zero-order valence-electron chi connectivity index (χ0n) is 12.7. The molecule has 0 heterocycles. The first kappa shape index (κ1) is 14.9. The molecule has 0 spiro atoms. The van der Waals surface area contributed by atoms with Crippen molar-refractivity contribution in [3.63, 3.8) is 0 Å². The number of benzene rings is 2. The van der Waals surface area contributed by atoms with Crippen LogP contribution in [0.5, 0.6) is 0 Å². The minimum atomic E-state index is -0.201. The maximum Gasteiger partial charge on any atom is 0.319 e. The van der Waals surface area contributed by atoms with E-state index in [2.05, 4.69) is 16.7 Å². The quantitative estimate of drug-likeness (QED) is 0.903. The van der Waals surface area contributed by atoms with Crippen LogP contribution < -0.4 is 15.5 Å². The van der Waals surface area contributed by atoms with Gasteiger partial charge in [0.15, 0.2) is 0 Å². The molecule has 0 aliphatic rings. The van der Waals surface area contributed by atoms with Crippen molar-refractivity contribution in [1.82, 2.24) is 5.32 Å². The third-order valence-electron chi connectivity index (χ3n) is 3.16. The predicted molar refractivity (Wildman–Crippen MR) is 87.8 cm³/mol. The molecule has 0 aliphatic heterocycles. The average Bonchev–Trinajstić information content (AvgIpc) is 2.45. The number of nitrogens with one attached hydrogen (secondary N) is 2. The van der Waals surface area contributed by atoms with E-state index in [4.69, 9.17) is 0 Å². The van der Waals surface area contributed by atoms with Crippen LogP contribution in [-0.2, 0) is 6.54 Å². The number of hydrogen-bond donors (Lipinski definition) is 2. The largest absolute Gasteiger partial charge is 0.378 e. The number of hydrogen-bond acceptors (Lipinski definition) is 2. The van der Waals surface area contributed by atoms with Crippen LogP contribution in [0.3, 0.4) is 0 Å². The molecule has 21 heavy (non-hydrogen) atoms. The van der Waals surface area contributed by atoms with Crippen molar-refractivity contribution in [3.05, 3.63) is 59.7 Å². The smallest absolute Gasteiger partial charge is 0.319 e. The van der Waals surface area contributed by atoms with Gasteiger partial charge in [-0.1, -0.05) is 35.9 Å². The third kappa shape index (κ3) is 4.53. The van der Waals surface area contributed by atoms with Gasteiger partial charge in [-0.2, -0.15) is 0 Å². The molecule has 2 aromatic rings. The highest BCUT2D eigenvalue weighted by Crippen LogP contribution is 2.17. The summed E-state index contributed by atoms with van der Waals surface area (Å²) in [5, 5.41) is 5.71. The van der Waals surface area contributed by atoms with Crippen LogP contribution in [0.1, 0.15) is 11.1 Å². The topological polar surface area (TPSA) is 44.4 Å².